The summed E-state index contributed by atoms with van der Waals surface area (Å²) in [4.78, 5) is 36.2. The van der Waals surface area contributed by atoms with Crippen molar-refractivity contribution < 1.29 is 29.0 Å². The molecule has 8 heteroatoms. The van der Waals surface area contributed by atoms with Gasteiger partial charge in [0.15, 0.2) is 11.5 Å². The first-order valence-electron chi connectivity index (χ1n) is 7.16. The van der Waals surface area contributed by atoms with Crippen LogP contribution in [0.25, 0.3) is 6.08 Å². The molecule has 0 radical (unpaired) electrons. The molecule has 2 rings (SSSR count). The van der Waals surface area contributed by atoms with E-state index in [9.17, 15) is 14.4 Å². The summed E-state index contributed by atoms with van der Waals surface area (Å²) in [6, 6.07) is 5.23. The Hall–Kier alpha value is -2.48. The van der Waals surface area contributed by atoms with Crippen molar-refractivity contribution in [1.82, 2.24) is 4.90 Å². The van der Waals surface area contributed by atoms with E-state index in [1.807, 2.05) is 0 Å². The van der Waals surface area contributed by atoms with Crippen LogP contribution in [0.3, 0.4) is 0 Å². The molecule has 0 unspecified atom stereocenters. The first-order valence-corrected chi connectivity index (χ1v) is 7.97. The topological polar surface area (TPSA) is 93.1 Å². The summed E-state index contributed by atoms with van der Waals surface area (Å²) in [5.41, 5.74) is 0.618. The fourth-order valence-corrected chi connectivity index (χ4v) is 3.10. The number of benzene rings is 1. The molecular formula is C16H17NO6S. The predicted molar refractivity (Wildman–Crippen MR) is 89.1 cm³/mol. The number of hydrogen-bond donors (Lipinski definition) is 1. The largest absolute Gasteiger partial charge is 0.493 e. The quantitative estimate of drug-likeness (QED) is 0.755. The first-order chi connectivity index (χ1) is 11.5. The standard InChI is InChI=1S/C16H17NO6S/c1-22-11-6-3-5-10(14(11)23-2)9-12-15(20)17(16(21)24-12)8-4-7-13(18)19/h3,5-6,9H,4,7-8H2,1-2H3,(H,18,19)/b12-9+. The monoisotopic (exact) mass is 351 g/mol. The van der Waals surface area contributed by atoms with Gasteiger partial charge < -0.3 is 14.6 Å². The summed E-state index contributed by atoms with van der Waals surface area (Å²) >= 11 is 0.823. The Bertz CT molecular complexity index is 700. The van der Waals surface area contributed by atoms with E-state index in [4.69, 9.17) is 14.6 Å². The Morgan fingerprint density at radius 3 is 2.67 bits per heavy atom. The molecule has 128 valence electrons. The summed E-state index contributed by atoms with van der Waals surface area (Å²) in [5.74, 6) is -0.400. The van der Waals surface area contributed by atoms with Gasteiger partial charge in [0.1, 0.15) is 0 Å². The lowest BCUT2D eigenvalue weighted by Gasteiger charge is -2.11. The Morgan fingerprint density at radius 2 is 2.04 bits per heavy atom. The number of carboxylic acid groups (broad SMARTS) is 1. The van der Waals surface area contributed by atoms with Crippen molar-refractivity contribution in [1.29, 1.82) is 0 Å². The summed E-state index contributed by atoms with van der Waals surface area (Å²) in [5, 5.41) is 8.24. The van der Waals surface area contributed by atoms with Gasteiger partial charge in [0.25, 0.3) is 11.1 Å². The molecule has 0 aromatic heterocycles. The van der Waals surface area contributed by atoms with Crippen molar-refractivity contribution in [3.63, 3.8) is 0 Å². The lowest BCUT2D eigenvalue weighted by molar-refractivity contribution is -0.137. The number of carbonyl (C=O) groups excluding carboxylic acids is 2. The molecule has 1 aliphatic heterocycles. The van der Waals surface area contributed by atoms with Crippen LogP contribution in [0.1, 0.15) is 18.4 Å². The number of hydrogen-bond acceptors (Lipinski definition) is 6. The third-order valence-electron chi connectivity index (χ3n) is 3.37. The average molecular weight is 351 g/mol. The molecule has 1 heterocycles. The van der Waals surface area contributed by atoms with Gasteiger partial charge in [0.2, 0.25) is 0 Å². The van der Waals surface area contributed by atoms with Crippen molar-refractivity contribution in [2.24, 2.45) is 0 Å². The number of para-hydroxylation sites is 1. The van der Waals surface area contributed by atoms with E-state index in [1.165, 1.54) is 14.2 Å². The zero-order valence-electron chi connectivity index (χ0n) is 13.3. The van der Waals surface area contributed by atoms with Crippen LogP contribution in [0.15, 0.2) is 23.1 Å². The first kappa shape index (κ1) is 17.9. The maximum Gasteiger partial charge on any atom is 0.303 e. The lowest BCUT2D eigenvalue weighted by atomic mass is 10.1. The smallest absolute Gasteiger partial charge is 0.303 e. The molecule has 0 atom stereocenters. The highest BCUT2D eigenvalue weighted by molar-refractivity contribution is 8.18. The number of amides is 2. The van der Waals surface area contributed by atoms with Gasteiger partial charge in [-0.15, -0.1) is 0 Å². The van der Waals surface area contributed by atoms with Crippen molar-refractivity contribution >= 4 is 35.0 Å². The Morgan fingerprint density at radius 1 is 1.29 bits per heavy atom. The minimum atomic E-state index is -0.960. The van der Waals surface area contributed by atoms with Crippen LogP contribution in [0.5, 0.6) is 11.5 Å². The zero-order valence-corrected chi connectivity index (χ0v) is 14.1. The molecule has 1 saturated heterocycles. The van der Waals surface area contributed by atoms with Crippen molar-refractivity contribution in [2.45, 2.75) is 12.8 Å². The van der Waals surface area contributed by atoms with Crippen LogP contribution in [0.4, 0.5) is 4.79 Å². The maximum absolute atomic E-state index is 12.3. The molecule has 1 N–H and O–H groups in total. The van der Waals surface area contributed by atoms with E-state index in [-0.39, 0.29) is 24.3 Å². The molecule has 1 aromatic carbocycles. The number of aliphatic carboxylic acids is 1. The summed E-state index contributed by atoms with van der Waals surface area (Å²) in [6.07, 6.45) is 1.71. The lowest BCUT2D eigenvalue weighted by Crippen LogP contribution is -2.29. The van der Waals surface area contributed by atoms with Crippen LogP contribution < -0.4 is 9.47 Å². The molecule has 1 aromatic rings. The van der Waals surface area contributed by atoms with Crippen LogP contribution in [0, 0.1) is 0 Å². The van der Waals surface area contributed by atoms with Gasteiger partial charge in [-0.3, -0.25) is 19.3 Å². The van der Waals surface area contributed by atoms with E-state index >= 15 is 0 Å². The highest BCUT2D eigenvalue weighted by Crippen LogP contribution is 2.37. The minimum Gasteiger partial charge on any atom is -0.493 e. The maximum atomic E-state index is 12.3. The van der Waals surface area contributed by atoms with E-state index in [0.29, 0.717) is 17.1 Å². The van der Waals surface area contributed by atoms with E-state index in [1.54, 1.807) is 24.3 Å². The van der Waals surface area contributed by atoms with Gasteiger partial charge in [-0.05, 0) is 30.3 Å². The number of carboxylic acids is 1. The second kappa shape index (κ2) is 7.87. The molecule has 1 aliphatic rings. The number of thioether (sulfide) groups is 1. The van der Waals surface area contributed by atoms with Crippen molar-refractivity contribution in [3.05, 3.63) is 28.7 Å². The second-order valence-corrected chi connectivity index (χ2v) is 5.91. The number of imide groups is 1. The molecule has 0 spiro atoms. The highest BCUT2D eigenvalue weighted by Gasteiger charge is 2.34. The number of methoxy groups -OCH3 is 2. The van der Waals surface area contributed by atoms with Gasteiger partial charge >= 0.3 is 5.97 Å². The van der Waals surface area contributed by atoms with Crippen LogP contribution in [-0.4, -0.2) is 47.9 Å². The van der Waals surface area contributed by atoms with Gasteiger partial charge in [-0.2, -0.15) is 0 Å². The number of carbonyl (C=O) groups is 3. The van der Waals surface area contributed by atoms with Gasteiger partial charge in [-0.1, -0.05) is 12.1 Å². The fourth-order valence-electron chi connectivity index (χ4n) is 2.25. The SMILES string of the molecule is COc1cccc(/C=C2/SC(=O)N(CCCC(=O)O)C2=O)c1OC. The zero-order chi connectivity index (χ0) is 17.7. The molecule has 0 saturated carbocycles. The summed E-state index contributed by atoms with van der Waals surface area (Å²) < 4.78 is 10.5. The average Bonchev–Trinajstić information content (AvgIpc) is 2.81. The van der Waals surface area contributed by atoms with Crippen LogP contribution in [0.2, 0.25) is 0 Å². The highest BCUT2D eigenvalue weighted by atomic mass is 32.2. The van der Waals surface area contributed by atoms with Gasteiger partial charge in [0.05, 0.1) is 19.1 Å². The third kappa shape index (κ3) is 3.88. The molecule has 24 heavy (non-hydrogen) atoms. The Labute approximate surface area is 143 Å². The molecular weight excluding hydrogens is 334 g/mol. The van der Waals surface area contributed by atoms with Gasteiger partial charge in [-0.25, -0.2) is 0 Å². The van der Waals surface area contributed by atoms with Gasteiger partial charge in [0, 0.05) is 18.5 Å². The molecule has 0 bridgehead atoms. The Kier molecular flexibility index (Phi) is 5.86. The molecule has 1 fully saturated rings. The van der Waals surface area contributed by atoms with E-state index in [2.05, 4.69) is 0 Å². The minimum absolute atomic E-state index is 0.0869. The summed E-state index contributed by atoms with van der Waals surface area (Å²) in [6.45, 7) is 0.0869. The van der Waals surface area contributed by atoms with Crippen LogP contribution >= 0.6 is 11.8 Å². The normalized spacial score (nSPS) is 15.9. The second-order valence-electron chi connectivity index (χ2n) is 4.91. The number of ether oxygens (including phenoxy) is 2. The molecule has 2 amide bonds. The third-order valence-corrected chi connectivity index (χ3v) is 4.27. The van der Waals surface area contributed by atoms with Crippen LogP contribution in [-0.2, 0) is 9.59 Å². The number of rotatable bonds is 7. The summed E-state index contributed by atoms with van der Waals surface area (Å²) in [7, 11) is 3.00. The van der Waals surface area contributed by atoms with E-state index < -0.39 is 17.1 Å². The number of nitrogens with zero attached hydrogens (tertiary/aromatic N) is 1. The van der Waals surface area contributed by atoms with Crippen molar-refractivity contribution in [3.8, 4) is 11.5 Å². The molecule has 0 aliphatic carbocycles. The Balaban J connectivity index is 2.21. The van der Waals surface area contributed by atoms with E-state index in [0.717, 1.165) is 16.7 Å². The predicted octanol–water partition coefficient (Wildman–Crippen LogP) is 2.60. The molecule has 7 nitrogen and oxygen atoms in total. The van der Waals surface area contributed by atoms with Crippen molar-refractivity contribution in [2.75, 3.05) is 20.8 Å². The fraction of sp³-hybridized carbons (Fsp3) is 0.312.